The average Bonchev–Trinajstić information content (AvgIpc) is 3.30. The van der Waals surface area contributed by atoms with Crippen LogP contribution in [0.4, 0.5) is 13.2 Å². The van der Waals surface area contributed by atoms with Crippen LogP contribution >= 0.6 is 27.5 Å². The highest BCUT2D eigenvalue weighted by atomic mass is 79.9. The first-order chi connectivity index (χ1) is 18.1. The third-order valence-corrected chi connectivity index (χ3v) is 6.81. The summed E-state index contributed by atoms with van der Waals surface area (Å²) in [5.41, 5.74) is 4.07. The molecule has 0 amide bonds. The number of fused-ring (bicyclic) bond motifs is 1. The molecular weight excluding hydrogens is 599 g/mol. The van der Waals surface area contributed by atoms with Crippen molar-refractivity contribution in [2.75, 3.05) is 27.1 Å². The Morgan fingerprint density at radius 2 is 2.00 bits per heavy atom. The van der Waals surface area contributed by atoms with E-state index in [1.54, 1.807) is 24.3 Å². The van der Waals surface area contributed by atoms with Gasteiger partial charge in [0.15, 0.2) is 23.4 Å². The molecule has 10 nitrogen and oxygen atoms in total. The van der Waals surface area contributed by atoms with Gasteiger partial charge in [-0.25, -0.2) is 14.6 Å². The number of nitrogens with zero attached hydrogens (tertiary/aromatic N) is 4. The number of benzene rings is 1. The molecule has 2 fully saturated rings. The van der Waals surface area contributed by atoms with Crippen molar-refractivity contribution in [3.8, 4) is 5.69 Å². The molecule has 0 bridgehead atoms. The second-order valence-corrected chi connectivity index (χ2v) is 9.73. The van der Waals surface area contributed by atoms with Crippen LogP contribution in [-0.2, 0) is 35.5 Å². The van der Waals surface area contributed by atoms with Crippen molar-refractivity contribution in [3.63, 3.8) is 0 Å². The van der Waals surface area contributed by atoms with Crippen molar-refractivity contribution >= 4 is 27.5 Å². The monoisotopic (exact) mass is 619 g/mol. The number of halogens is 5. The summed E-state index contributed by atoms with van der Waals surface area (Å²) < 4.78 is 72.3. The van der Waals surface area contributed by atoms with Crippen LogP contribution in [0.5, 0.6) is 0 Å². The Morgan fingerprint density at radius 3 is 2.71 bits per heavy atom. The molecule has 2 aliphatic rings. The van der Waals surface area contributed by atoms with Gasteiger partial charge in [-0.1, -0.05) is 41.9 Å². The fraction of sp³-hybridized carbons (Fsp3) is 0.435. The Labute approximate surface area is 228 Å². The molecule has 0 spiro atoms. The van der Waals surface area contributed by atoms with E-state index in [4.69, 9.17) is 41.0 Å². The standard InChI is InChI=1S/C23H22BrClF3N5O5/c1-34-11-37-15-9-35-16-10-36-19(12-5-3-2-4-6-12)38-22(16,17(15)29)20-31-21(24)32-33(20)14-7-13(25)8-30-18(14)23(26,27)28/h2-8,15-17,19H,9-11,29H2,1H3/t15-,16+,17+,19?,22+/m0/s1. The summed E-state index contributed by atoms with van der Waals surface area (Å²) in [7, 11) is 1.45. The zero-order valence-electron chi connectivity index (χ0n) is 19.8. The minimum absolute atomic E-state index is 0.00530. The van der Waals surface area contributed by atoms with Crippen LogP contribution in [0.25, 0.3) is 5.69 Å². The summed E-state index contributed by atoms with van der Waals surface area (Å²) in [4.78, 5) is 7.96. The fourth-order valence-electron chi connectivity index (χ4n) is 4.59. The van der Waals surface area contributed by atoms with Gasteiger partial charge < -0.3 is 29.4 Å². The highest BCUT2D eigenvalue weighted by molar-refractivity contribution is 9.10. The molecule has 204 valence electrons. The number of alkyl halides is 3. The van der Waals surface area contributed by atoms with Crippen LogP contribution in [0.1, 0.15) is 23.4 Å². The van der Waals surface area contributed by atoms with Crippen molar-refractivity contribution in [1.82, 2.24) is 19.7 Å². The van der Waals surface area contributed by atoms with E-state index in [-0.39, 0.29) is 35.6 Å². The lowest BCUT2D eigenvalue weighted by Gasteiger charge is -2.52. The number of nitrogens with two attached hydrogens (primary N) is 1. The molecule has 3 aromatic rings. The Kier molecular flexibility index (Phi) is 7.77. The number of hydrogen-bond acceptors (Lipinski definition) is 9. The highest BCUT2D eigenvalue weighted by Crippen LogP contribution is 2.47. The summed E-state index contributed by atoms with van der Waals surface area (Å²) in [6.45, 7) is -0.0515. The van der Waals surface area contributed by atoms with Crippen LogP contribution < -0.4 is 5.73 Å². The minimum atomic E-state index is -4.83. The highest BCUT2D eigenvalue weighted by Gasteiger charge is 2.61. The van der Waals surface area contributed by atoms with Crippen LogP contribution in [0.15, 0.2) is 47.3 Å². The largest absolute Gasteiger partial charge is 0.435 e. The van der Waals surface area contributed by atoms with Crippen LogP contribution in [0, 0.1) is 0 Å². The first-order valence-electron chi connectivity index (χ1n) is 11.3. The maximum Gasteiger partial charge on any atom is 0.435 e. The van der Waals surface area contributed by atoms with E-state index in [9.17, 15) is 13.2 Å². The molecule has 5 rings (SSSR count). The Morgan fingerprint density at radius 1 is 1.24 bits per heavy atom. The number of aromatic nitrogens is 4. The number of hydrogen-bond donors (Lipinski definition) is 1. The van der Waals surface area contributed by atoms with Crippen molar-refractivity contribution in [2.24, 2.45) is 5.73 Å². The zero-order chi connectivity index (χ0) is 27.1. The van der Waals surface area contributed by atoms with Gasteiger partial charge in [0.2, 0.25) is 4.73 Å². The maximum absolute atomic E-state index is 14.0. The number of methoxy groups -OCH3 is 1. The summed E-state index contributed by atoms with van der Waals surface area (Å²) in [6.07, 6.45) is -6.53. The lowest BCUT2D eigenvalue weighted by atomic mass is 9.81. The lowest BCUT2D eigenvalue weighted by molar-refractivity contribution is -0.352. The summed E-state index contributed by atoms with van der Waals surface area (Å²) >= 11 is 9.27. The number of rotatable bonds is 6. The lowest BCUT2D eigenvalue weighted by Crippen LogP contribution is -2.69. The van der Waals surface area contributed by atoms with Gasteiger partial charge in [0.25, 0.3) is 0 Å². The molecule has 1 aromatic carbocycles. The van der Waals surface area contributed by atoms with Crippen molar-refractivity contribution in [1.29, 1.82) is 0 Å². The second-order valence-electron chi connectivity index (χ2n) is 8.58. The predicted molar refractivity (Wildman–Crippen MR) is 129 cm³/mol. The minimum Gasteiger partial charge on any atom is -0.369 e. The first-order valence-corrected chi connectivity index (χ1v) is 12.5. The van der Waals surface area contributed by atoms with E-state index in [0.717, 1.165) is 16.9 Å². The van der Waals surface area contributed by atoms with Crippen LogP contribution in [0.3, 0.4) is 0 Å². The molecule has 2 N–H and O–H groups in total. The molecule has 38 heavy (non-hydrogen) atoms. The molecule has 2 aliphatic heterocycles. The van der Waals surface area contributed by atoms with Gasteiger partial charge in [0.05, 0.1) is 30.0 Å². The summed E-state index contributed by atoms with van der Waals surface area (Å²) in [6, 6.07) is 9.10. The quantitative estimate of drug-likeness (QED) is 0.412. The van der Waals surface area contributed by atoms with E-state index in [0.29, 0.717) is 5.56 Å². The van der Waals surface area contributed by atoms with E-state index in [2.05, 4.69) is 31.0 Å². The van der Waals surface area contributed by atoms with Gasteiger partial charge in [-0.15, -0.1) is 5.10 Å². The van der Waals surface area contributed by atoms with E-state index >= 15 is 0 Å². The molecule has 2 aromatic heterocycles. The Balaban J connectivity index is 1.71. The molecule has 4 heterocycles. The normalized spacial score (nSPS) is 27.8. The fourth-order valence-corrected chi connectivity index (χ4v) is 5.06. The predicted octanol–water partition coefficient (Wildman–Crippen LogP) is 3.75. The van der Waals surface area contributed by atoms with Crippen LogP contribution in [0.2, 0.25) is 5.02 Å². The number of pyridine rings is 1. The molecule has 0 radical (unpaired) electrons. The van der Waals surface area contributed by atoms with E-state index in [1.165, 1.54) is 7.11 Å². The molecule has 5 atom stereocenters. The smallest absolute Gasteiger partial charge is 0.369 e. The van der Waals surface area contributed by atoms with E-state index in [1.807, 2.05) is 6.07 Å². The third kappa shape index (κ3) is 4.95. The van der Waals surface area contributed by atoms with Gasteiger partial charge in [0.1, 0.15) is 19.0 Å². The van der Waals surface area contributed by atoms with Gasteiger partial charge in [0, 0.05) is 18.9 Å². The van der Waals surface area contributed by atoms with Crippen molar-refractivity contribution in [3.05, 3.63) is 69.4 Å². The topological polar surface area (TPSA) is 116 Å². The molecular formula is C23H22BrClF3N5O5. The van der Waals surface area contributed by atoms with Gasteiger partial charge >= 0.3 is 6.18 Å². The Hall–Kier alpha value is -2.17. The van der Waals surface area contributed by atoms with Gasteiger partial charge in [-0.05, 0) is 22.0 Å². The summed E-state index contributed by atoms with van der Waals surface area (Å²) in [5.74, 6) is -0.0774. The third-order valence-electron chi connectivity index (χ3n) is 6.27. The molecule has 2 saturated heterocycles. The zero-order valence-corrected chi connectivity index (χ0v) is 22.1. The second kappa shape index (κ2) is 10.8. The molecule has 0 aliphatic carbocycles. The molecule has 0 saturated carbocycles. The summed E-state index contributed by atoms with van der Waals surface area (Å²) in [5, 5.41) is 4.16. The maximum atomic E-state index is 14.0. The molecule has 15 heteroatoms. The van der Waals surface area contributed by atoms with Gasteiger partial charge in [-0.2, -0.15) is 13.2 Å². The van der Waals surface area contributed by atoms with Crippen LogP contribution in [-0.4, -0.2) is 65.1 Å². The Bertz CT molecular complexity index is 1290. The van der Waals surface area contributed by atoms with Gasteiger partial charge in [-0.3, -0.25) is 0 Å². The number of ether oxygens (including phenoxy) is 5. The molecule has 1 unspecified atom stereocenters. The van der Waals surface area contributed by atoms with E-state index < -0.39 is 47.7 Å². The first kappa shape index (κ1) is 27.4. The van der Waals surface area contributed by atoms with Crippen molar-refractivity contribution in [2.45, 2.75) is 36.3 Å². The van der Waals surface area contributed by atoms with Crippen molar-refractivity contribution < 1.29 is 36.9 Å². The SMILES string of the molecule is COCO[C@H]1CO[C@@H]2COC(c3ccccc3)O[C@@]2(c2nc(Br)nn2-c2cc(Cl)cnc2C(F)(F)F)[C@@H]1N. The average molecular weight is 621 g/mol.